The van der Waals surface area contributed by atoms with Crippen molar-refractivity contribution in [2.24, 2.45) is 7.05 Å². The summed E-state index contributed by atoms with van der Waals surface area (Å²) in [5.74, 6) is 0. The molecule has 0 N–H and O–H groups in total. The number of halogens is 1. The van der Waals surface area contributed by atoms with Gasteiger partial charge in [0, 0.05) is 22.9 Å². The predicted octanol–water partition coefficient (Wildman–Crippen LogP) is 1.65. The molecule has 6 heteroatoms. The zero-order chi connectivity index (χ0) is 18.5. The van der Waals surface area contributed by atoms with Crippen LogP contribution in [0.3, 0.4) is 0 Å². The molecule has 5 nitrogen and oxygen atoms in total. The van der Waals surface area contributed by atoms with Gasteiger partial charge in [-0.3, -0.25) is 10.1 Å². The van der Waals surface area contributed by atoms with E-state index in [1.165, 1.54) is 0 Å². The summed E-state index contributed by atoms with van der Waals surface area (Å²) in [6.45, 7) is 0. The molecule has 0 radical (unpaired) electrons. The van der Waals surface area contributed by atoms with Crippen LogP contribution in [0.4, 0.5) is 5.69 Å². The number of para-hydroxylation sites is 2. The van der Waals surface area contributed by atoms with Gasteiger partial charge in [0.05, 0.1) is 17.5 Å². The van der Waals surface area contributed by atoms with Gasteiger partial charge in [0.2, 0.25) is 0 Å². The monoisotopic (exact) mass is 433 g/mol. The second-order valence-corrected chi connectivity index (χ2v) is 6.64. The highest BCUT2D eigenvalue weighted by atomic mass is 79.9. The van der Waals surface area contributed by atoms with Crippen molar-refractivity contribution in [2.75, 3.05) is 0 Å². The Kier molecular flexibility index (Phi) is 4.35. The number of benzene rings is 3. The summed E-state index contributed by atoms with van der Waals surface area (Å²) in [6.07, 6.45) is 2.06. The van der Waals surface area contributed by atoms with Gasteiger partial charge in [0.15, 0.2) is 11.0 Å². The normalized spacial score (nSPS) is 11.0. The largest absolute Gasteiger partial charge is 1.00 e. The van der Waals surface area contributed by atoms with E-state index in [2.05, 4.69) is 27.3 Å². The number of nitrogens with zero attached hydrogens (tertiary/aromatic N) is 3. The molecule has 0 unspecified atom stereocenters. The van der Waals surface area contributed by atoms with Crippen LogP contribution in [0, 0.1) is 10.1 Å². The number of nitro benzene ring substituents is 1. The molecule has 0 atom stereocenters. The molecule has 0 saturated carbocycles. The van der Waals surface area contributed by atoms with Crippen LogP contribution < -0.4 is 21.5 Å². The first-order valence-electron chi connectivity index (χ1n) is 8.70. The van der Waals surface area contributed by atoms with E-state index >= 15 is 0 Å². The minimum atomic E-state index is -0.340. The van der Waals surface area contributed by atoms with Crippen LogP contribution in [-0.4, -0.2) is 9.32 Å². The zero-order valence-corrected chi connectivity index (χ0v) is 16.6. The third-order valence-corrected chi connectivity index (χ3v) is 5.12. The molecule has 3 aromatic carbocycles. The van der Waals surface area contributed by atoms with Crippen molar-refractivity contribution in [3.63, 3.8) is 0 Å². The van der Waals surface area contributed by atoms with Crippen LogP contribution in [0.25, 0.3) is 38.6 Å². The molecule has 0 saturated heterocycles. The summed E-state index contributed by atoms with van der Waals surface area (Å²) in [7, 11) is 2.04. The lowest BCUT2D eigenvalue weighted by Gasteiger charge is -2.07. The Hall–Kier alpha value is -3.25. The maximum Gasteiger partial charge on any atom is 0.295 e. The van der Waals surface area contributed by atoms with Crippen LogP contribution >= 0.6 is 0 Å². The Labute approximate surface area is 171 Å². The molecule has 0 amide bonds. The van der Waals surface area contributed by atoms with Gasteiger partial charge in [0.1, 0.15) is 6.20 Å². The van der Waals surface area contributed by atoms with Crippen molar-refractivity contribution >= 4 is 33.1 Å². The molecular formula is C22H16BrN3O2. The summed E-state index contributed by atoms with van der Waals surface area (Å²) in [6, 6.07) is 23.3. The second-order valence-electron chi connectivity index (χ2n) is 6.64. The van der Waals surface area contributed by atoms with E-state index in [-0.39, 0.29) is 27.6 Å². The number of non-ortho nitro benzene ring substituents is 1. The van der Waals surface area contributed by atoms with E-state index in [9.17, 15) is 10.1 Å². The molecule has 0 aliphatic carbocycles. The highest BCUT2D eigenvalue weighted by molar-refractivity contribution is 6.04. The third kappa shape index (κ3) is 2.57. The maximum atomic E-state index is 11.4. The Balaban J connectivity index is 0.00000192. The number of rotatable bonds is 2. The number of pyridine rings is 1. The lowest BCUT2D eigenvalue weighted by Crippen LogP contribution is -3.00. The molecular weight excluding hydrogens is 418 g/mol. The van der Waals surface area contributed by atoms with Crippen molar-refractivity contribution in [1.29, 1.82) is 0 Å². The summed E-state index contributed by atoms with van der Waals surface area (Å²) in [5.41, 5.74) is 5.35. The number of aryl methyl sites for hydroxylation is 1. The summed E-state index contributed by atoms with van der Waals surface area (Å²) >= 11 is 0. The number of hydrogen-bond acceptors (Lipinski definition) is 2. The third-order valence-electron chi connectivity index (χ3n) is 5.12. The van der Waals surface area contributed by atoms with Crippen LogP contribution in [-0.2, 0) is 7.05 Å². The average molecular weight is 434 g/mol. The summed E-state index contributed by atoms with van der Waals surface area (Å²) in [5, 5.41) is 13.2. The van der Waals surface area contributed by atoms with Crippen LogP contribution in [0.1, 0.15) is 0 Å². The minimum Gasteiger partial charge on any atom is -1.00 e. The highest BCUT2D eigenvalue weighted by Gasteiger charge is 2.24. The molecule has 5 rings (SSSR count). The lowest BCUT2D eigenvalue weighted by atomic mass is 9.99. The average Bonchev–Trinajstić information content (AvgIpc) is 2.99. The minimum absolute atomic E-state index is 0. The van der Waals surface area contributed by atoms with Gasteiger partial charge in [-0.05, 0) is 23.8 Å². The molecule has 0 spiro atoms. The van der Waals surface area contributed by atoms with Gasteiger partial charge in [-0.1, -0.05) is 42.5 Å². The number of fused-ring (bicyclic) bond motifs is 4. The van der Waals surface area contributed by atoms with Crippen molar-refractivity contribution in [2.45, 2.75) is 0 Å². The predicted molar refractivity (Wildman–Crippen MR) is 106 cm³/mol. The maximum absolute atomic E-state index is 11.4. The van der Waals surface area contributed by atoms with E-state index in [1.54, 1.807) is 12.1 Å². The smallest absolute Gasteiger partial charge is 0.295 e. The van der Waals surface area contributed by atoms with E-state index < -0.39 is 0 Å². The van der Waals surface area contributed by atoms with E-state index in [0.717, 1.165) is 38.6 Å². The first-order valence-corrected chi connectivity index (χ1v) is 8.70. The fourth-order valence-corrected chi connectivity index (χ4v) is 3.90. The van der Waals surface area contributed by atoms with Crippen molar-refractivity contribution in [3.8, 4) is 11.1 Å². The van der Waals surface area contributed by atoms with Gasteiger partial charge in [-0.2, -0.15) is 4.40 Å². The quantitative estimate of drug-likeness (QED) is 0.241. The topological polar surface area (TPSA) is 51.4 Å². The molecule has 28 heavy (non-hydrogen) atoms. The fourth-order valence-electron chi connectivity index (χ4n) is 3.90. The molecule has 138 valence electrons. The lowest BCUT2D eigenvalue weighted by molar-refractivity contribution is -0.617. The number of aromatic nitrogens is 2. The van der Waals surface area contributed by atoms with Gasteiger partial charge >= 0.3 is 0 Å². The molecule has 2 heterocycles. The first kappa shape index (κ1) is 18.1. The number of imidazole rings is 1. The van der Waals surface area contributed by atoms with E-state index in [0.29, 0.717) is 0 Å². The van der Waals surface area contributed by atoms with E-state index in [4.69, 9.17) is 0 Å². The van der Waals surface area contributed by atoms with Crippen LogP contribution in [0.2, 0.25) is 0 Å². The van der Waals surface area contributed by atoms with Crippen molar-refractivity contribution < 1.29 is 26.5 Å². The molecule has 2 aromatic heterocycles. The zero-order valence-electron chi connectivity index (χ0n) is 15.0. The fraction of sp³-hybridized carbons (Fsp3) is 0.0455. The number of nitro groups is 1. The standard InChI is InChI=1S/C22H16N3O2.BrH/c1-23-19-9-5-6-10-20(19)24-14-16-11-12-17(25(26)27)13-18(16)21(22(23)24)15-7-3-2-4-8-15;/h2-14H,1H3;1H/q+1;/p-1. The summed E-state index contributed by atoms with van der Waals surface area (Å²) < 4.78 is 4.32. The molecule has 5 aromatic rings. The first-order chi connectivity index (χ1) is 13.1. The van der Waals surface area contributed by atoms with Crippen LogP contribution in [0.5, 0.6) is 0 Å². The summed E-state index contributed by atoms with van der Waals surface area (Å²) in [4.78, 5) is 11.0. The van der Waals surface area contributed by atoms with E-state index in [1.807, 2.05) is 55.6 Å². The Morgan fingerprint density at radius 3 is 2.43 bits per heavy atom. The molecule has 0 fully saturated rings. The molecule has 0 bridgehead atoms. The Morgan fingerprint density at radius 2 is 1.68 bits per heavy atom. The van der Waals surface area contributed by atoms with Crippen molar-refractivity contribution in [1.82, 2.24) is 4.40 Å². The van der Waals surface area contributed by atoms with Gasteiger partial charge in [0.25, 0.3) is 11.3 Å². The van der Waals surface area contributed by atoms with Gasteiger partial charge < -0.3 is 17.0 Å². The highest BCUT2D eigenvalue weighted by Crippen LogP contribution is 2.35. The second kappa shape index (κ2) is 6.73. The van der Waals surface area contributed by atoms with Gasteiger partial charge in [-0.15, -0.1) is 0 Å². The Bertz CT molecular complexity index is 1360. The van der Waals surface area contributed by atoms with Crippen LogP contribution in [0.15, 0.2) is 79.0 Å². The molecule has 0 aliphatic heterocycles. The van der Waals surface area contributed by atoms with Crippen molar-refractivity contribution in [3.05, 3.63) is 89.1 Å². The molecule has 0 aliphatic rings. The SMILES string of the molecule is C[n+]1c2ccccc2n2cc3ccc([N+](=O)[O-])cc3c(-c3ccccc3)c21.[Br-]. The van der Waals surface area contributed by atoms with Gasteiger partial charge in [-0.25, -0.2) is 4.57 Å². The Morgan fingerprint density at radius 1 is 0.964 bits per heavy atom. The number of hydrogen-bond donors (Lipinski definition) is 0.